The van der Waals surface area contributed by atoms with Crippen molar-refractivity contribution in [1.82, 2.24) is 52.5 Å². The highest BCUT2D eigenvalue weighted by atomic mass is 16.4. The average Bonchev–Trinajstić information content (AvgIpc) is 3.78. The number of primary amides is 1. The minimum Gasteiger partial charge on any atom is -0.508 e. The normalized spacial score (nSPS) is 14.9. The zero-order valence-corrected chi connectivity index (χ0v) is 39.4. The van der Waals surface area contributed by atoms with Crippen molar-refractivity contribution in [3.8, 4) is 5.75 Å². The molecule has 0 aliphatic heterocycles. The number of aliphatic carboxylic acids is 2. The summed E-state index contributed by atoms with van der Waals surface area (Å²) >= 11 is 0. The van der Waals surface area contributed by atoms with E-state index < -0.39 is 145 Å². The number of aromatic nitrogens is 2. The summed E-state index contributed by atoms with van der Waals surface area (Å²) in [5.74, 6) is -13.1. The van der Waals surface area contributed by atoms with Crippen LogP contribution in [0.2, 0.25) is 0 Å². The third kappa shape index (κ3) is 20.3. The van der Waals surface area contributed by atoms with E-state index in [1.54, 1.807) is 13.8 Å². The summed E-state index contributed by atoms with van der Waals surface area (Å²) in [6.45, 7) is 8.39. The number of carbonyl (C=O) groups excluding carboxylic acids is 9. The zero-order chi connectivity index (χ0) is 53.0. The molecule has 1 heterocycles. The molecule has 0 aliphatic carbocycles. The number of aliphatic hydroxyl groups is 1. The Hall–Kier alpha value is -7.68. The monoisotopic (exact) mass is 988 g/mol. The molecular formula is C43H64N12O15. The molecule has 0 unspecified atom stereocenters. The Morgan fingerprint density at radius 1 is 0.643 bits per heavy atom. The minimum atomic E-state index is -2.01. The van der Waals surface area contributed by atoms with E-state index in [0.717, 1.165) is 6.92 Å². The topological polar surface area (TPSA) is 446 Å². The van der Waals surface area contributed by atoms with Gasteiger partial charge < -0.3 is 79.4 Å². The van der Waals surface area contributed by atoms with Gasteiger partial charge in [-0.1, -0.05) is 39.8 Å². The molecule has 27 nitrogen and oxygen atoms in total. The van der Waals surface area contributed by atoms with Crippen molar-refractivity contribution in [2.75, 3.05) is 6.54 Å². The maximum Gasteiger partial charge on any atom is 0.326 e. The van der Waals surface area contributed by atoms with E-state index in [9.17, 15) is 73.2 Å². The molecule has 9 atom stereocenters. The van der Waals surface area contributed by atoms with Gasteiger partial charge in [0, 0.05) is 24.7 Å². The molecule has 27 heteroatoms. The standard InChI is InChI=1S/C43H64N12O15/c1-19(2)11-26(44)37(63)47-17-32(59)50-28(14-31(45)58)40(66)55-35(22(6)56)42(68)52-29(15-33(60)61)39(65)51-27(12-23-7-9-25(57)10-8-23)38(64)49-21(5)36(62)54-34(20(3)4)41(67)53-30(43(69)70)13-24-16-46-18-48-24/h7-10,16,18-22,26-30,34-35,56-57H,11-15,17,44H2,1-6H3,(H2,45,58)(H,46,48)(H,47,63)(H,49,64)(H,50,59)(H,51,65)(H,52,68)(H,53,67)(H,54,62)(H,55,66)(H,60,61)(H,69,70)/t21-,22+,26-,27-,28-,29-,30-,34-,35-/m0/s1. The third-order valence-corrected chi connectivity index (χ3v) is 10.2. The lowest BCUT2D eigenvalue weighted by Crippen LogP contribution is -2.62. The molecule has 0 aliphatic rings. The van der Waals surface area contributed by atoms with Gasteiger partial charge in [-0.15, -0.1) is 0 Å². The molecular weight excluding hydrogens is 925 g/mol. The van der Waals surface area contributed by atoms with Gasteiger partial charge in [0.1, 0.15) is 48.0 Å². The summed E-state index contributed by atoms with van der Waals surface area (Å²) in [5.41, 5.74) is 11.8. The van der Waals surface area contributed by atoms with Crippen molar-refractivity contribution >= 4 is 65.1 Å². The molecule has 0 bridgehead atoms. The van der Waals surface area contributed by atoms with Gasteiger partial charge in [0.15, 0.2) is 0 Å². The summed E-state index contributed by atoms with van der Waals surface area (Å²) in [6, 6.07) is -7.17. The van der Waals surface area contributed by atoms with Crippen LogP contribution < -0.4 is 54.0 Å². The average molecular weight is 989 g/mol. The van der Waals surface area contributed by atoms with Crippen molar-refractivity contribution in [2.24, 2.45) is 23.3 Å². The number of hydrogen-bond donors (Lipinski definition) is 15. The number of carbonyl (C=O) groups is 11. The number of amides is 9. The van der Waals surface area contributed by atoms with Crippen LogP contribution >= 0.6 is 0 Å². The first-order valence-corrected chi connectivity index (χ1v) is 22.0. The maximum absolute atomic E-state index is 13.9. The van der Waals surface area contributed by atoms with Crippen LogP contribution in [-0.2, 0) is 65.6 Å². The molecule has 2 rings (SSSR count). The fraction of sp³-hybridized carbons (Fsp3) is 0.535. The van der Waals surface area contributed by atoms with E-state index in [1.165, 1.54) is 43.7 Å². The molecule has 1 aromatic heterocycles. The van der Waals surface area contributed by atoms with E-state index >= 15 is 0 Å². The number of phenols is 1. The van der Waals surface area contributed by atoms with Gasteiger partial charge in [0.05, 0.1) is 37.9 Å². The van der Waals surface area contributed by atoms with Gasteiger partial charge in [0.2, 0.25) is 53.2 Å². The van der Waals surface area contributed by atoms with Crippen molar-refractivity contribution in [3.63, 3.8) is 0 Å². The number of aliphatic hydroxyl groups excluding tert-OH is 1. The second-order valence-electron chi connectivity index (χ2n) is 17.2. The van der Waals surface area contributed by atoms with Crippen LogP contribution in [0.1, 0.15) is 72.1 Å². The van der Waals surface area contributed by atoms with E-state index in [4.69, 9.17) is 11.5 Å². The highest BCUT2D eigenvalue weighted by molar-refractivity contribution is 5.99. The lowest BCUT2D eigenvalue weighted by atomic mass is 10.0. The molecule has 1 aromatic carbocycles. The number of imidazole rings is 1. The first-order valence-electron chi connectivity index (χ1n) is 22.0. The number of nitrogens with two attached hydrogens (primary N) is 2. The number of carboxylic acids is 2. The van der Waals surface area contributed by atoms with E-state index in [2.05, 4.69) is 52.5 Å². The number of nitrogens with zero attached hydrogens (tertiary/aromatic N) is 1. The van der Waals surface area contributed by atoms with E-state index in [-0.39, 0.29) is 24.5 Å². The molecule has 17 N–H and O–H groups in total. The molecule has 70 heavy (non-hydrogen) atoms. The van der Waals surface area contributed by atoms with Crippen LogP contribution in [0.25, 0.3) is 0 Å². The molecule has 0 radical (unpaired) electrons. The second kappa shape index (κ2) is 28.0. The molecule has 0 spiro atoms. The van der Waals surface area contributed by atoms with Crippen molar-refractivity contribution in [1.29, 1.82) is 0 Å². The summed E-state index contributed by atoms with van der Waals surface area (Å²) in [4.78, 5) is 149. The maximum atomic E-state index is 13.9. The highest BCUT2D eigenvalue weighted by Gasteiger charge is 2.36. The summed E-state index contributed by atoms with van der Waals surface area (Å²) in [6.07, 6.45) is -1.23. The smallest absolute Gasteiger partial charge is 0.326 e. The Bertz CT molecular complexity index is 2170. The fourth-order valence-corrected chi connectivity index (χ4v) is 6.49. The van der Waals surface area contributed by atoms with Gasteiger partial charge in [-0.3, -0.25) is 47.9 Å². The number of carboxylic acid groups (broad SMARTS) is 2. The SMILES string of the molecule is CC(C)C[C@H](N)C(=O)NCC(=O)N[C@@H](CC(N)=O)C(=O)N[C@H](C(=O)N[C@@H](CC(=O)O)C(=O)N[C@@H](Cc1ccc(O)cc1)C(=O)N[C@@H](C)C(=O)N[C@H](C(=O)N[C@@H](Cc1cnc[nH]1)C(=O)O)C(C)C)[C@@H](C)O. The highest BCUT2D eigenvalue weighted by Crippen LogP contribution is 2.13. The summed E-state index contributed by atoms with van der Waals surface area (Å²) < 4.78 is 0. The van der Waals surface area contributed by atoms with Gasteiger partial charge in [0.25, 0.3) is 0 Å². The quantitative estimate of drug-likeness (QED) is 0.0364. The Morgan fingerprint density at radius 3 is 1.71 bits per heavy atom. The number of benzene rings is 1. The van der Waals surface area contributed by atoms with Gasteiger partial charge in [-0.2, -0.15) is 0 Å². The van der Waals surface area contributed by atoms with Crippen molar-refractivity contribution in [3.05, 3.63) is 48.0 Å². The predicted octanol–water partition coefficient (Wildman–Crippen LogP) is -4.72. The second-order valence-corrected chi connectivity index (χ2v) is 17.2. The van der Waals surface area contributed by atoms with Crippen LogP contribution in [0.15, 0.2) is 36.8 Å². The molecule has 2 aromatic rings. The number of rotatable bonds is 29. The Morgan fingerprint density at radius 2 is 1.19 bits per heavy atom. The largest absolute Gasteiger partial charge is 0.508 e. The number of H-pyrrole nitrogens is 1. The molecule has 0 saturated heterocycles. The Kier molecular flexibility index (Phi) is 23.3. The van der Waals surface area contributed by atoms with Gasteiger partial charge in [-0.05, 0) is 49.8 Å². The third-order valence-electron chi connectivity index (χ3n) is 10.2. The number of nitrogens with one attached hydrogen (secondary N) is 9. The van der Waals surface area contributed by atoms with E-state index in [1.807, 2.05) is 13.8 Å². The lowest BCUT2D eigenvalue weighted by molar-refractivity contribution is -0.143. The number of aromatic hydroxyl groups is 1. The molecule has 0 fully saturated rings. The van der Waals surface area contributed by atoms with Gasteiger partial charge >= 0.3 is 11.9 Å². The van der Waals surface area contributed by atoms with Crippen LogP contribution in [0.5, 0.6) is 5.75 Å². The number of aromatic amines is 1. The fourth-order valence-electron chi connectivity index (χ4n) is 6.49. The van der Waals surface area contributed by atoms with Crippen LogP contribution in [0.3, 0.4) is 0 Å². The summed E-state index contributed by atoms with van der Waals surface area (Å²) in [7, 11) is 0. The predicted molar refractivity (Wildman–Crippen MR) is 244 cm³/mol. The molecule has 0 saturated carbocycles. The number of hydrogen-bond acceptors (Lipinski definition) is 15. The van der Waals surface area contributed by atoms with E-state index in [0.29, 0.717) is 17.7 Å². The number of phenolic OH excluding ortho intramolecular Hbond substituents is 1. The van der Waals surface area contributed by atoms with Crippen molar-refractivity contribution in [2.45, 2.75) is 128 Å². The molecule has 9 amide bonds. The molecule has 386 valence electrons. The van der Waals surface area contributed by atoms with Crippen LogP contribution in [0.4, 0.5) is 0 Å². The van der Waals surface area contributed by atoms with Crippen LogP contribution in [-0.4, -0.2) is 156 Å². The Labute approximate surface area is 401 Å². The lowest BCUT2D eigenvalue weighted by Gasteiger charge is -2.28. The van der Waals surface area contributed by atoms with Crippen molar-refractivity contribution < 1.29 is 73.2 Å². The summed E-state index contributed by atoms with van der Waals surface area (Å²) in [5, 5.41) is 58.1. The first kappa shape index (κ1) is 58.4. The first-order chi connectivity index (χ1) is 32.7. The van der Waals surface area contributed by atoms with Gasteiger partial charge in [-0.25, -0.2) is 9.78 Å². The Balaban J connectivity index is 2.29. The minimum absolute atomic E-state index is 0.0553. The zero-order valence-electron chi connectivity index (χ0n) is 39.4. The van der Waals surface area contributed by atoms with Crippen LogP contribution in [0, 0.1) is 11.8 Å².